The van der Waals surface area contributed by atoms with Gasteiger partial charge in [-0.1, -0.05) is 11.2 Å². The lowest BCUT2D eigenvalue weighted by molar-refractivity contribution is 0.0583. The van der Waals surface area contributed by atoms with Gasteiger partial charge in [-0.15, -0.1) is 12.4 Å². The van der Waals surface area contributed by atoms with Crippen LogP contribution in [0.5, 0.6) is 0 Å². The van der Waals surface area contributed by atoms with Crippen LogP contribution in [0.2, 0.25) is 0 Å². The highest BCUT2D eigenvalue weighted by atomic mass is 35.5. The monoisotopic (exact) mass is 420 g/mol. The maximum absolute atomic E-state index is 9.67. The smallest absolute Gasteiger partial charge is 0.141 e. The number of hydrogen-bond acceptors (Lipinski definition) is 6. The molecule has 1 aliphatic rings. The van der Waals surface area contributed by atoms with Gasteiger partial charge in [0.05, 0.1) is 35.5 Å². The number of fused-ring (bicyclic) bond motifs is 1. The number of aromatic nitrogens is 3. The highest BCUT2D eigenvalue weighted by Crippen LogP contribution is 2.36. The summed E-state index contributed by atoms with van der Waals surface area (Å²) in [5.41, 5.74) is 11.0. The number of ether oxygens (including phenoxy) is 1. The molecular weight excluding hydrogens is 392 g/mol. The van der Waals surface area contributed by atoms with Gasteiger partial charge in [-0.05, 0) is 57.2 Å². The van der Waals surface area contributed by atoms with E-state index in [9.17, 15) is 5.11 Å². The molecule has 7 nitrogen and oxygen atoms in total. The van der Waals surface area contributed by atoms with Crippen molar-refractivity contribution in [1.82, 2.24) is 14.7 Å². The molecule has 2 aromatic heterocycles. The standard InChI is InChI=1S/C21H28N4O3.ClH/c1-12-20(13(2)28-24-12)14-4-9-19-18(10-14)23-21(17(22)11-26)25(19)15-5-7-16(27-3)8-6-15;/h4,9-10,15-17,26H,5-8,11,22H2,1-3H3;1H/t15-,16-,17-;/m0./s1. The van der Waals surface area contributed by atoms with Crippen molar-refractivity contribution < 1.29 is 14.4 Å². The quantitative estimate of drug-likeness (QED) is 0.650. The van der Waals surface area contributed by atoms with Crippen molar-refractivity contribution in [3.63, 3.8) is 0 Å². The minimum Gasteiger partial charge on any atom is -0.394 e. The summed E-state index contributed by atoms with van der Waals surface area (Å²) in [6, 6.07) is 6.05. The van der Waals surface area contributed by atoms with E-state index in [2.05, 4.69) is 27.9 Å². The first-order valence-electron chi connectivity index (χ1n) is 9.87. The summed E-state index contributed by atoms with van der Waals surface area (Å²) in [5, 5.41) is 13.7. The van der Waals surface area contributed by atoms with E-state index in [4.69, 9.17) is 20.0 Å². The molecule has 3 N–H and O–H groups in total. The Kier molecular flexibility index (Phi) is 6.63. The Morgan fingerprint density at radius 3 is 2.59 bits per heavy atom. The number of hydrogen-bond donors (Lipinski definition) is 2. The van der Waals surface area contributed by atoms with Crippen LogP contribution in [0.15, 0.2) is 22.7 Å². The number of halogens is 1. The van der Waals surface area contributed by atoms with E-state index >= 15 is 0 Å². The van der Waals surface area contributed by atoms with Gasteiger partial charge in [-0.3, -0.25) is 0 Å². The first-order valence-corrected chi connectivity index (χ1v) is 9.87. The summed E-state index contributed by atoms with van der Waals surface area (Å²) >= 11 is 0. The molecule has 0 spiro atoms. The van der Waals surface area contributed by atoms with E-state index in [1.54, 1.807) is 7.11 Å². The van der Waals surface area contributed by atoms with E-state index < -0.39 is 6.04 Å². The Morgan fingerprint density at radius 1 is 1.28 bits per heavy atom. The molecule has 1 aliphatic carbocycles. The van der Waals surface area contributed by atoms with Crippen LogP contribution in [0.1, 0.15) is 55.0 Å². The van der Waals surface area contributed by atoms with Crippen molar-refractivity contribution in [2.45, 2.75) is 57.7 Å². The van der Waals surface area contributed by atoms with Gasteiger partial charge in [0, 0.05) is 18.7 Å². The van der Waals surface area contributed by atoms with Crippen molar-refractivity contribution in [2.24, 2.45) is 5.73 Å². The van der Waals surface area contributed by atoms with Gasteiger partial charge in [0.15, 0.2) is 0 Å². The fraction of sp³-hybridized carbons (Fsp3) is 0.524. The minimum atomic E-state index is -0.505. The topological polar surface area (TPSA) is 99.3 Å². The van der Waals surface area contributed by atoms with E-state index in [-0.39, 0.29) is 19.0 Å². The van der Waals surface area contributed by atoms with Crippen molar-refractivity contribution in [3.05, 3.63) is 35.5 Å². The highest BCUT2D eigenvalue weighted by Gasteiger charge is 2.27. The van der Waals surface area contributed by atoms with Gasteiger partial charge in [0.1, 0.15) is 11.6 Å². The molecule has 0 saturated heterocycles. The second-order valence-electron chi connectivity index (χ2n) is 7.70. The number of benzene rings is 1. The summed E-state index contributed by atoms with van der Waals surface area (Å²) in [4.78, 5) is 4.82. The average Bonchev–Trinajstić information content (AvgIpc) is 3.26. The zero-order valence-corrected chi connectivity index (χ0v) is 17.9. The minimum absolute atomic E-state index is 0. The summed E-state index contributed by atoms with van der Waals surface area (Å²) < 4.78 is 13.1. The van der Waals surface area contributed by atoms with Gasteiger partial charge in [-0.25, -0.2) is 4.98 Å². The lowest BCUT2D eigenvalue weighted by Crippen LogP contribution is -2.27. The summed E-state index contributed by atoms with van der Waals surface area (Å²) in [6.07, 6.45) is 4.39. The Balaban J connectivity index is 0.00000240. The summed E-state index contributed by atoms with van der Waals surface area (Å²) in [7, 11) is 1.78. The van der Waals surface area contributed by atoms with Crippen LogP contribution in [0.4, 0.5) is 0 Å². The van der Waals surface area contributed by atoms with E-state index in [1.165, 1.54) is 0 Å². The molecule has 0 unspecified atom stereocenters. The largest absolute Gasteiger partial charge is 0.394 e. The predicted octanol–water partition coefficient (Wildman–Crippen LogP) is 3.85. The molecule has 1 saturated carbocycles. The number of rotatable bonds is 5. The molecule has 1 aromatic carbocycles. The van der Waals surface area contributed by atoms with Crippen LogP contribution in [-0.4, -0.2) is 39.6 Å². The zero-order valence-electron chi connectivity index (χ0n) is 17.1. The van der Waals surface area contributed by atoms with Crippen LogP contribution >= 0.6 is 12.4 Å². The fourth-order valence-electron chi connectivity index (χ4n) is 4.43. The third-order valence-electron chi connectivity index (χ3n) is 5.91. The molecule has 1 atom stereocenters. The first-order chi connectivity index (χ1) is 13.5. The number of aliphatic hydroxyl groups is 1. The normalized spacial score (nSPS) is 20.6. The molecule has 0 bridgehead atoms. The molecule has 2 heterocycles. The van der Waals surface area contributed by atoms with Crippen molar-refractivity contribution in [1.29, 1.82) is 0 Å². The first kappa shape index (κ1) is 21.8. The van der Waals surface area contributed by atoms with E-state index in [0.29, 0.717) is 12.1 Å². The second-order valence-corrected chi connectivity index (χ2v) is 7.70. The number of aliphatic hydroxyl groups excluding tert-OH is 1. The molecule has 3 aromatic rings. The van der Waals surface area contributed by atoms with E-state index in [0.717, 1.165) is 65.1 Å². The van der Waals surface area contributed by atoms with Crippen LogP contribution in [-0.2, 0) is 4.74 Å². The zero-order chi connectivity index (χ0) is 19.8. The number of nitrogens with zero attached hydrogens (tertiary/aromatic N) is 3. The van der Waals surface area contributed by atoms with Gasteiger partial charge in [-0.2, -0.15) is 0 Å². The average molecular weight is 421 g/mol. The number of imidazole rings is 1. The molecule has 158 valence electrons. The van der Waals surface area contributed by atoms with Crippen molar-refractivity contribution >= 4 is 23.4 Å². The van der Waals surface area contributed by atoms with Crippen LogP contribution in [0.3, 0.4) is 0 Å². The highest BCUT2D eigenvalue weighted by molar-refractivity contribution is 5.85. The molecule has 0 radical (unpaired) electrons. The Labute approximate surface area is 176 Å². The van der Waals surface area contributed by atoms with Crippen LogP contribution in [0, 0.1) is 13.8 Å². The Morgan fingerprint density at radius 2 is 2.00 bits per heavy atom. The molecule has 1 fully saturated rings. The van der Waals surface area contributed by atoms with Gasteiger partial charge < -0.3 is 24.7 Å². The maximum Gasteiger partial charge on any atom is 0.141 e. The molecule has 0 amide bonds. The third-order valence-corrected chi connectivity index (χ3v) is 5.91. The van der Waals surface area contributed by atoms with Crippen LogP contribution < -0.4 is 5.73 Å². The number of aryl methyl sites for hydroxylation is 2. The number of nitrogens with two attached hydrogens (primary N) is 1. The lowest BCUT2D eigenvalue weighted by Gasteiger charge is -2.30. The van der Waals surface area contributed by atoms with Crippen molar-refractivity contribution in [3.8, 4) is 11.1 Å². The molecule has 29 heavy (non-hydrogen) atoms. The molecular formula is C21H29ClN4O3. The summed E-state index contributed by atoms with van der Waals surface area (Å²) in [5.74, 6) is 1.54. The maximum atomic E-state index is 9.67. The molecule has 4 rings (SSSR count). The predicted molar refractivity (Wildman–Crippen MR) is 114 cm³/mol. The third kappa shape index (κ3) is 3.92. The fourth-order valence-corrected chi connectivity index (χ4v) is 4.43. The van der Waals surface area contributed by atoms with Gasteiger partial charge in [0.25, 0.3) is 0 Å². The lowest BCUT2D eigenvalue weighted by atomic mass is 9.92. The number of methoxy groups -OCH3 is 1. The van der Waals surface area contributed by atoms with Crippen LogP contribution in [0.25, 0.3) is 22.2 Å². The Hall–Kier alpha value is -1.93. The van der Waals surface area contributed by atoms with Crippen molar-refractivity contribution in [2.75, 3.05) is 13.7 Å². The molecule has 0 aliphatic heterocycles. The summed E-state index contributed by atoms with van der Waals surface area (Å²) in [6.45, 7) is 3.73. The Bertz CT molecular complexity index is 956. The van der Waals surface area contributed by atoms with E-state index in [1.807, 2.05) is 13.8 Å². The second kappa shape index (κ2) is 8.83. The SMILES string of the molecule is CO[C@H]1CC[C@H](n2c([C@@H](N)CO)nc3cc(-c4c(C)noc4C)ccc32)CC1.Cl. The van der Waals surface area contributed by atoms with Gasteiger partial charge >= 0.3 is 0 Å². The van der Waals surface area contributed by atoms with Gasteiger partial charge in [0.2, 0.25) is 0 Å². The molecule has 8 heteroatoms.